The number of para-hydroxylation sites is 1. The molecule has 1 aliphatic rings. The zero-order valence-corrected chi connectivity index (χ0v) is 19.9. The third-order valence-corrected chi connectivity index (χ3v) is 7.49. The molecular weight excluding hydrogens is 446 g/mol. The SMILES string of the molecule is O=C(NC1CCCCC1)[C@@H](c1cccs1)N(Cc1ccco1)C(=O)Cc1c[nH]c2ccccc12. The van der Waals surface area contributed by atoms with Crippen molar-refractivity contribution < 1.29 is 14.0 Å². The van der Waals surface area contributed by atoms with Crippen LogP contribution >= 0.6 is 11.3 Å². The fourth-order valence-electron chi connectivity index (χ4n) is 4.83. The highest BCUT2D eigenvalue weighted by molar-refractivity contribution is 7.10. The minimum Gasteiger partial charge on any atom is -0.467 e. The summed E-state index contributed by atoms with van der Waals surface area (Å²) in [7, 11) is 0. The Hall–Kier alpha value is -3.32. The van der Waals surface area contributed by atoms with Crippen LogP contribution in [0.15, 0.2) is 70.8 Å². The molecule has 4 aromatic rings. The first-order valence-corrected chi connectivity index (χ1v) is 12.8. The topological polar surface area (TPSA) is 78.3 Å². The highest BCUT2D eigenvalue weighted by Crippen LogP contribution is 2.30. The fourth-order valence-corrected chi connectivity index (χ4v) is 5.67. The van der Waals surface area contributed by atoms with Gasteiger partial charge in [-0.25, -0.2) is 0 Å². The normalized spacial score (nSPS) is 15.3. The molecule has 3 heterocycles. The van der Waals surface area contributed by atoms with Crippen LogP contribution in [0.25, 0.3) is 10.9 Å². The van der Waals surface area contributed by atoms with E-state index in [1.807, 2.05) is 54.0 Å². The molecule has 0 saturated heterocycles. The maximum absolute atomic E-state index is 13.8. The van der Waals surface area contributed by atoms with Gasteiger partial charge in [-0.2, -0.15) is 0 Å². The van der Waals surface area contributed by atoms with Gasteiger partial charge in [0.05, 0.1) is 19.2 Å². The largest absolute Gasteiger partial charge is 0.467 e. The van der Waals surface area contributed by atoms with Crippen LogP contribution in [-0.2, 0) is 22.6 Å². The summed E-state index contributed by atoms with van der Waals surface area (Å²) in [4.78, 5) is 33.2. The number of carbonyl (C=O) groups excluding carboxylic acids is 2. The molecule has 0 aliphatic heterocycles. The molecule has 1 aromatic carbocycles. The minimum atomic E-state index is -0.704. The lowest BCUT2D eigenvalue weighted by Crippen LogP contribution is -2.47. The molecule has 0 bridgehead atoms. The van der Waals surface area contributed by atoms with E-state index >= 15 is 0 Å². The van der Waals surface area contributed by atoms with Crippen molar-refractivity contribution in [3.63, 3.8) is 0 Å². The second-order valence-electron chi connectivity index (χ2n) is 8.90. The van der Waals surface area contributed by atoms with Crippen molar-refractivity contribution >= 4 is 34.1 Å². The summed E-state index contributed by atoms with van der Waals surface area (Å²) >= 11 is 1.50. The molecule has 5 rings (SSSR count). The molecule has 6 nitrogen and oxygen atoms in total. The molecule has 0 spiro atoms. The number of fused-ring (bicyclic) bond motifs is 1. The van der Waals surface area contributed by atoms with E-state index in [1.54, 1.807) is 17.2 Å². The predicted octanol–water partition coefficient (Wildman–Crippen LogP) is 5.58. The Morgan fingerprint density at radius 2 is 1.94 bits per heavy atom. The maximum atomic E-state index is 13.8. The lowest BCUT2D eigenvalue weighted by atomic mass is 9.95. The number of furan rings is 1. The number of thiophene rings is 1. The number of amides is 2. The fraction of sp³-hybridized carbons (Fsp3) is 0.333. The van der Waals surface area contributed by atoms with E-state index in [1.165, 1.54) is 17.8 Å². The van der Waals surface area contributed by atoms with Gasteiger partial charge in [-0.1, -0.05) is 43.5 Å². The van der Waals surface area contributed by atoms with Gasteiger partial charge in [-0.05, 0) is 48.1 Å². The van der Waals surface area contributed by atoms with E-state index in [0.29, 0.717) is 5.76 Å². The Bertz CT molecular complexity index is 1220. The number of aromatic nitrogens is 1. The summed E-state index contributed by atoms with van der Waals surface area (Å²) in [6.45, 7) is 0.231. The summed E-state index contributed by atoms with van der Waals surface area (Å²) in [5.74, 6) is 0.422. The van der Waals surface area contributed by atoms with Crippen molar-refractivity contribution in [2.24, 2.45) is 0 Å². The zero-order valence-electron chi connectivity index (χ0n) is 19.0. The quantitative estimate of drug-likeness (QED) is 0.349. The molecule has 0 radical (unpaired) electrons. The Morgan fingerprint density at radius 1 is 1.09 bits per heavy atom. The Kier molecular flexibility index (Phi) is 6.81. The van der Waals surface area contributed by atoms with Gasteiger partial charge in [0.1, 0.15) is 11.8 Å². The molecule has 34 heavy (non-hydrogen) atoms. The van der Waals surface area contributed by atoms with Crippen LogP contribution in [0.5, 0.6) is 0 Å². The Balaban J connectivity index is 1.46. The summed E-state index contributed by atoms with van der Waals surface area (Å²) in [5, 5.41) is 6.22. The van der Waals surface area contributed by atoms with E-state index in [9.17, 15) is 9.59 Å². The van der Waals surface area contributed by atoms with Gasteiger partial charge in [0, 0.05) is 28.0 Å². The highest BCUT2D eigenvalue weighted by atomic mass is 32.1. The van der Waals surface area contributed by atoms with Crippen molar-refractivity contribution in [3.8, 4) is 0 Å². The average Bonchev–Trinajstić information content (AvgIpc) is 3.63. The van der Waals surface area contributed by atoms with Crippen molar-refractivity contribution in [2.75, 3.05) is 0 Å². The summed E-state index contributed by atoms with van der Waals surface area (Å²) in [5.41, 5.74) is 1.91. The van der Waals surface area contributed by atoms with Crippen molar-refractivity contribution in [3.05, 3.63) is 82.6 Å². The van der Waals surface area contributed by atoms with Gasteiger partial charge in [0.2, 0.25) is 11.8 Å². The molecule has 3 aromatic heterocycles. The van der Waals surface area contributed by atoms with Crippen LogP contribution in [0.2, 0.25) is 0 Å². The second kappa shape index (κ2) is 10.3. The molecular formula is C27H29N3O3S. The first kappa shape index (κ1) is 22.5. The molecule has 176 valence electrons. The number of benzene rings is 1. The molecule has 1 saturated carbocycles. The predicted molar refractivity (Wildman–Crippen MR) is 133 cm³/mol. The van der Waals surface area contributed by atoms with Gasteiger partial charge < -0.3 is 19.6 Å². The van der Waals surface area contributed by atoms with E-state index in [-0.39, 0.29) is 30.8 Å². The van der Waals surface area contributed by atoms with Gasteiger partial charge in [0.15, 0.2) is 0 Å². The van der Waals surface area contributed by atoms with Crippen molar-refractivity contribution in [1.29, 1.82) is 0 Å². The maximum Gasteiger partial charge on any atom is 0.248 e. The number of hydrogen-bond acceptors (Lipinski definition) is 4. The van der Waals surface area contributed by atoms with Gasteiger partial charge in [-0.15, -0.1) is 11.3 Å². The monoisotopic (exact) mass is 475 g/mol. The third kappa shape index (κ3) is 4.94. The average molecular weight is 476 g/mol. The number of nitrogens with one attached hydrogen (secondary N) is 2. The van der Waals surface area contributed by atoms with Gasteiger partial charge >= 0.3 is 0 Å². The highest BCUT2D eigenvalue weighted by Gasteiger charge is 2.34. The van der Waals surface area contributed by atoms with E-state index in [4.69, 9.17) is 4.42 Å². The molecule has 1 aliphatic carbocycles. The van der Waals surface area contributed by atoms with Crippen molar-refractivity contribution in [2.45, 2.75) is 57.2 Å². The summed E-state index contributed by atoms with van der Waals surface area (Å²) in [6, 6.07) is 14.9. The standard InChI is InChI=1S/C27H29N3O3S/c31-25(16-19-17-28-23-12-5-4-11-22(19)23)30(18-21-10-6-14-33-21)26(24-13-7-15-34-24)27(32)29-20-8-2-1-3-9-20/h4-7,10-15,17,20,26,28H,1-3,8-9,16,18H2,(H,29,32)/t26-/m1/s1. The number of H-pyrrole nitrogens is 1. The number of rotatable bonds is 8. The van der Waals surface area contributed by atoms with Gasteiger partial charge in [0.25, 0.3) is 0 Å². The van der Waals surface area contributed by atoms with E-state index in [2.05, 4.69) is 10.3 Å². The van der Waals surface area contributed by atoms with E-state index < -0.39 is 6.04 Å². The van der Waals surface area contributed by atoms with Crippen LogP contribution in [-0.4, -0.2) is 27.7 Å². The number of aromatic amines is 1. The van der Waals surface area contributed by atoms with Crippen LogP contribution in [0.3, 0.4) is 0 Å². The molecule has 1 fully saturated rings. The summed E-state index contributed by atoms with van der Waals surface area (Å²) < 4.78 is 5.59. The first-order valence-electron chi connectivity index (χ1n) is 11.9. The molecule has 0 unspecified atom stereocenters. The smallest absolute Gasteiger partial charge is 0.248 e. The summed E-state index contributed by atoms with van der Waals surface area (Å²) in [6.07, 6.45) is 9.14. The molecule has 1 atom stereocenters. The number of carbonyl (C=O) groups is 2. The van der Waals surface area contributed by atoms with Crippen LogP contribution in [0, 0.1) is 0 Å². The molecule has 2 amide bonds. The van der Waals surface area contributed by atoms with Crippen LogP contribution < -0.4 is 5.32 Å². The lowest BCUT2D eigenvalue weighted by Gasteiger charge is -2.32. The Morgan fingerprint density at radius 3 is 2.71 bits per heavy atom. The van der Waals surface area contributed by atoms with Crippen molar-refractivity contribution in [1.82, 2.24) is 15.2 Å². The van der Waals surface area contributed by atoms with Gasteiger partial charge in [-0.3, -0.25) is 9.59 Å². The number of nitrogens with zero attached hydrogens (tertiary/aromatic N) is 1. The van der Waals surface area contributed by atoms with E-state index in [0.717, 1.165) is 47.0 Å². The molecule has 2 N–H and O–H groups in total. The van der Waals surface area contributed by atoms with Crippen LogP contribution in [0.1, 0.15) is 54.3 Å². The van der Waals surface area contributed by atoms with Crippen LogP contribution in [0.4, 0.5) is 0 Å². The lowest BCUT2D eigenvalue weighted by molar-refractivity contribution is -0.141. The zero-order chi connectivity index (χ0) is 23.3. The second-order valence-corrected chi connectivity index (χ2v) is 9.88. The Labute approximate surface area is 203 Å². The molecule has 7 heteroatoms. The minimum absolute atomic E-state index is 0.113. The number of hydrogen-bond donors (Lipinski definition) is 2. The first-order chi connectivity index (χ1) is 16.7. The third-order valence-electron chi connectivity index (χ3n) is 6.57.